The van der Waals surface area contributed by atoms with Gasteiger partial charge in [-0.3, -0.25) is 0 Å². The molecule has 0 bridgehead atoms. The molecular weight excluding hydrogens is 524 g/mol. The van der Waals surface area contributed by atoms with Crippen molar-refractivity contribution in [1.82, 2.24) is 0 Å². The first-order valence-corrected chi connectivity index (χ1v) is 13.0. The minimum absolute atomic E-state index is 1.26. The van der Waals surface area contributed by atoms with E-state index in [1.54, 1.807) is 18.2 Å². The Hall–Kier alpha value is -0.120. The Balaban J connectivity index is 2.20. The molecular formula is C16H9I2NS2. The van der Waals surface area contributed by atoms with Crippen LogP contribution in [0.4, 0.5) is 5.69 Å². The van der Waals surface area contributed by atoms with Gasteiger partial charge in [-0.05, 0) is 33.0 Å². The minimum atomic E-state index is 1.26. The molecule has 0 N–H and O–H groups in total. The van der Waals surface area contributed by atoms with E-state index in [9.17, 15) is 0 Å². The van der Waals surface area contributed by atoms with Crippen molar-refractivity contribution in [3.8, 4) is 0 Å². The molecule has 0 radical (unpaired) electrons. The molecule has 1 nitrogen and oxygen atoms in total. The van der Waals surface area contributed by atoms with Crippen LogP contribution >= 0.6 is 60.6 Å². The molecule has 5 heteroatoms. The number of hydrogen-bond acceptors (Lipinski definition) is 3. The maximum atomic E-state index is 2.34. The van der Waals surface area contributed by atoms with E-state index in [1.807, 2.05) is 0 Å². The molecule has 4 aromatic carbocycles. The van der Waals surface area contributed by atoms with Crippen LogP contribution in [-0.4, -0.2) is 0 Å². The molecule has 0 saturated carbocycles. The molecule has 104 valence electrons. The average molecular weight is 533 g/mol. The van der Waals surface area contributed by atoms with Gasteiger partial charge in [-0.15, -0.1) is 0 Å². The molecule has 4 aromatic rings. The van der Waals surface area contributed by atoms with Crippen LogP contribution in [0.1, 0.15) is 0 Å². The fraction of sp³-hybridized carbons (Fsp3) is 0. The molecule has 4 rings (SSSR count). The van der Waals surface area contributed by atoms with E-state index in [-0.39, 0.29) is 0 Å². The van der Waals surface area contributed by atoms with Gasteiger partial charge in [0.15, 0.2) is 0 Å². The largest absolute Gasteiger partial charge is 0.239 e. The summed E-state index contributed by atoms with van der Waals surface area (Å²) in [4.78, 5) is 0. The number of hydrogen-bond donors (Lipinski definition) is 0. The lowest BCUT2D eigenvalue weighted by Crippen LogP contribution is -1.98. The molecule has 0 saturated heterocycles. The number of nitrogens with zero attached hydrogens (tertiary/aromatic N) is 1. The van der Waals surface area contributed by atoms with Gasteiger partial charge in [0.05, 0.1) is 5.69 Å². The normalized spacial score (nSPS) is 11.7. The molecule has 21 heavy (non-hydrogen) atoms. The molecule has 0 amide bonds. The average Bonchev–Trinajstić information content (AvgIpc) is 2.55. The fourth-order valence-corrected chi connectivity index (χ4v) is 9.01. The van der Waals surface area contributed by atoms with Gasteiger partial charge < -0.3 is 0 Å². The first-order chi connectivity index (χ1) is 10.3. The number of halogens is 2. The van der Waals surface area contributed by atoms with E-state index < -0.39 is 0 Å². The summed E-state index contributed by atoms with van der Waals surface area (Å²) in [7, 11) is 3.42. The van der Waals surface area contributed by atoms with Crippen molar-refractivity contribution in [3.05, 3.63) is 54.6 Å². The van der Waals surface area contributed by atoms with Crippen LogP contribution in [0.15, 0.2) is 54.6 Å². The third-order valence-corrected chi connectivity index (χ3v) is 8.89. The van der Waals surface area contributed by atoms with Crippen molar-refractivity contribution in [3.63, 3.8) is 0 Å². The second-order valence-corrected chi connectivity index (χ2v) is 8.44. The second-order valence-electron chi connectivity index (χ2n) is 4.84. The van der Waals surface area contributed by atoms with Gasteiger partial charge in [0, 0.05) is 66.0 Å². The van der Waals surface area contributed by atoms with Gasteiger partial charge in [0.1, 0.15) is 0 Å². The zero-order valence-electron chi connectivity index (χ0n) is 10.7. The summed E-state index contributed by atoms with van der Waals surface area (Å²) in [5.41, 5.74) is 1.26. The lowest BCUT2D eigenvalue weighted by Gasteiger charge is -2.19. The van der Waals surface area contributed by atoms with Crippen LogP contribution < -0.4 is 3.71 Å². The summed E-state index contributed by atoms with van der Waals surface area (Å²) in [5.74, 6) is 0. The fourth-order valence-electron chi connectivity index (χ4n) is 2.96. The lowest BCUT2D eigenvalue weighted by molar-refractivity contribution is 1.69. The highest BCUT2D eigenvalue weighted by Gasteiger charge is 2.14. The van der Waals surface area contributed by atoms with E-state index in [0.29, 0.717) is 0 Å². The molecule has 0 atom stereocenters. The van der Waals surface area contributed by atoms with Crippen molar-refractivity contribution in [1.29, 1.82) is 0 Å². The number of anilines is 1. The van der Waals surface area contributed by atoms with Gasteiger partial charge in [0.25, 0.3) is 0 Å². The Morgan fingerprint density at radius 2 is 1.24 bits per heavy atom. The highest BCUT2D eigenvalue weighted by atomic mass is 127. The molecule has 0 aromatic heterocycles. The van der Waals surface area contributed by atoms with Crippen LogP contribution in [0, 0.1) is 0 Å². The number of benzene rings is 4. The maximum Gasteiger partial charge on any atom is 0.0689 e. The first kappa shape index (κ1) is 14.5. The van der Waals surface area contributed by atoms with Gasteiger partial charge in [-0.2, -0.15) is 0 Å². The van der Waals surface area contributed by atoms with Crippen LogP contribution in [0.2, 0.25) is 0 Å². The highest BCUT2D eigenvalue weighted by molar-refractivity contribution is 14.2. The molecule has 0 aliphatic rings. The minimum Gasteiger partial charge on any atom is -0.239 e. The van der Waals surface area contributed by atoms with Crippen molar-refractivity contribution in [2.45, 2.75) is 0 Å². The third kappa shape index (κ3) is 2.27. The predicted molar refractivity (Wildman–Crippen MR) is 116 cm³/mol. The Labute approximate surface area is 155 Å². The summed E-state index contributed by atoms with van der Waals surface area (Å²) in [5, 5.41) is 8.03. The lowest BCUT2D eigenvalue weighted by atomic mass is 9.94. The first-order valence-electron chi connectivity index (χ1n) is 6.37. The smallest absolute Gasteiger partial charge is 0.0689 e. The summed E-state index contributed by atoms with van der Waals surface area (Å²) in [6.07, 6.45) is 0. The van der Waals surface area contributed by atoms with Gasteiger partial charge in [0.2, 0.25) is 0 Å². The molecule has 0 aliphatic heterocycles. The van der Waals surface area contributed by atoms with E-state index in [2.05, 4.69) is 101 Å². The van der Waals surface area contributed by atoms with Crippen molar-refractivity contribution >= 4 is 98.7 Å². The molecule has 0 unspecified atom stereocenters. The Bertz CT molecular complexity index is 922. The summed E-state index contributed by atoms with van der Waals surface area (Å²) in [6.45, 7) is 0. The number of rotatable bonds is 3. The Morgan fingerprint density at radius 3 is 1.90 bits per heavy atom. The van der Waals surface area contributed by atoms with Crippen LogP contribution in [-0.2, 0) is 0 Å². The Morgan fingerprint density at radius 1 is 0.667 bits per heavy atom. The van der Waals surface area contributed by atoms with E-state index >= 15 is 0 Å². The van der Waals surface area contributed by atoms with Gasteiger partial charge >= 0.3 is 0 Å². The second kappa shape index (κ2) is 5.82. The van der Waals surface area contributed by atoms with E-state index in [0.717, 1.165) is 0 Å². The summed E-state index contributed by atoms with van der Waals surface area (Å²) < 4.78 is 2.24. The van der Waals surface area contributed by atoms with E-state index in [4.69, 9.17) is 0 Å². The summed E-state index contributed by atoms with van der Waals surface area (Å²) in [6, 6.07) is 19.9. The van der Waals surface area contributed by atoms with E-state index in [1.165, 1.54) is 38.0 Å². The van der Waals surface area contributed by atoms with Crippen molar-refractivity contribution in [2.24, 2.45) is 0 Å². The van der Waals surface area contributed by atoms with Gasteiger partial charge in [-0.1, -0.05) is 48.5 Å². The molecule has 0 aliphatic carbocycles. The van der Waals surface area contributed by atoms with Crippen LogP contribution in [0.3, 0.4) is 0 Å². The summed E-state index contributed by atoms with van der Waals surface area (Å²) >= 11 is 4.67. The van der Waals surface area contributed by atoms with Crippen molar-refractivity contribution < 1.29 is 0 Å². The molecule has 0 fully saturated rings. The van der Waals surface area contributed by atoms with Gasteiger partial charge in [-0.25, -0.2) is 3.71 Å². The highest BCUT2D eigenvalue weighted by Crippen LogP contribution is 2.44. The topological polar surface area (TPSA) is 3.24 Å². The quantitative estimate of drug-likeness (QED) is 0.154. The zero-order valence-corrected chi connectivity index (χ0v) is 16.7. The Kier molecular flexibility index (Phi) is 4.01. The molecule has 0 heterocycles. The van der Waals surface area contributed by atoms with Crippen LogP contribution in [0.25, 0.3) is 32.3 Å². The van der Waals surface area contributed by atoms with Crippen LogP contribution in [0.5, 0.6) is 0 Å². The van der Waals surface area contributed by atoms with Crippen molar-refractivity contribution in [2.75, 3.05) is 3.71 Å². The third-order valence-electron chi connectivity index (χ3n) is 3.83. The molecule has 0 spiro atoms. The zero-order chi connectivity index (χ0) is 14.4. The monoisotopic (exact) mass is 533 g/mol. The maximum absolute atomic E-state index is 2.34. The standard InChI is InChI=1S/C16H9I2NS2/c17-20-19(21-18)14-9-7-12-5-4-10-2-1-3-11-6-8-13(14)16(12)15(10)11/h1-9H. The SMILES string of the molecule is ISN(SI)c1ccc2ccc3cccc4ccc1c2c34. The predicted octanol–water partition coefficient (Wildman–Crippen LogP) is 7.39.